The van der Waals surface area contributed by atoms with E-state index in [-0.39, 0.29) is 18.3 Å². The summed E-state index contributed by atoms with van der Waals surface area (Å²) in [6, 6.07) is 12.8. The van der Waals surface area contributed by atoms with E-state index in [1.54, 1.807) is 56.5 Å². The van der Waals surface area contributed by atoms with Crippen LogP contribution in [0.3, 0.4) is 0 Å². The Bertz CT molecular complexity index is 700. The third-order valence-corrected chi connectivity index (χ3v) is 4.01. The lowest BCUT2D eigenvalue weighted by Gasteiger charge is -2.17. The van der Waals surface area contributed by atoms with Gasteiger partial charge in [0.25, 0.3) is 5.91 Å². The number of methoxy groups -OCH3 is 2. The van der Waals surface area contributed by atoms with E-state index in [2.05, 4.69) is 0 Å². The molecule has 1 amide bonds. The minimum Gasteiger partial charge on any atom is -0.496 e. The standard InChI is InChI=1S/C20H26N2O4.ClH/c1-22(20(23)16-7-5-15(14-21)6-8-16)9-4-10-26-19-12-17(24-2)11-18(13-19)25-3;/h5-8,11-13H,4,9-10,14,21H2,1-3H3;1H. The van der Waals surface area contributed by atoms with Crippen molar-refractivity contribution in [3.8, 4) is 17.2 Å². The number of halogens is 1. The highest BCUT2D eigenvalue weighted by Crippen LogP contribution is 2.27. The predicted octanol–water partition coefficient (Wildman–Crippen LogP) is 3.13. The molecule has 0 spiro atoms. The van der Waals surface area contributed by atoms with E-state index in [9.17, 15) is 4.79 Å². The number of carbonyl (C=O) groups is 1. The molecule has 0 saturated heterocycles. The van der Waals surface area contributed by atoms with E-state index in [0.717, 1.165) is 5.56 Å². The van der Waals surface area contributed by atoms with Crippen molar-refractivity contribution in [2.45, 2.75) is 13.0 Å². The molecule has 0 unspecified atom stereocenters. The smallest absolute Gasteiger partial charge is 0.253 e. The van der Waals surface area contributed by atoms with E-state index >= 15 is 0 Å². The Morgan fingerprint density at radius 1 is 1.00 bits per heavy atom. The van der Waals surface area contributed by atoms with E-state index in [0.29, 0.717) is 48.9 Å². The maximum absolute atomic E-state index is 12.4. The number of nitrogens with zero attached hydrogens (tertiary/aromatic N) is 1. The summed E-state index contributed by atoms with van der Waals surface area (Å²) in [6.07, 6.45) is 0.711. The van der Waals surface area contributed by atoms with Gasteiger partial charge in [0.2, 0.25) is 0 Å². The first-order valence-corrected chi connectivity index (χ1v) is 8.47. The van der Waals surface area contributed by atoms with Crippen LogP contribution in [-0.4, -0.2) is 45.2 Å². The van der Waals surface area contributed by atoms with Crippen LogP contribution in [0.4, 0.5) is 0 Å². The van der Waals surface area contributed by atoms with Gasteiger partial charge in [-0.1, -0.05) is 12.1 Å². The van der Waals surface area contributed by atoms with Crippen molar-refractivity contribution < 1.29 is 19.0 Å². The van der Waals surface area contributed by atoms with E-state index in [1.165, 1.54) is 0 Å². The normalized spacial score (nSPS) is 9.93. The number of amides is 1. The summed E-state index contributed by atoms with van der Waals surface area (Å²) >= 11 is 0. The maximum Gasteiger partial charge on any atom is 0.253 e. The summed E-state index contributed by atoms with van der Waals surface area (Å²) < 4.78 is 16.2. The van der Waals surface area contributed by atoms with Gasteiger partial charge in [0, 0.05) is 43.9 Å². The molecule has 0 bridgehead atoms. The molecule has 2 N–H and O–H groups in total. The van der Waals surface area contributed by atoms with Crippen molar-refractivity contribution in [2.24, 2.45) is 5.73 Å². The second-order valence-electron chi connectivity index (χ2n) is 5.88. The third kappa shape index (κ3) is 6.66. The lowest BCUT2D eigenvalue weighted by molar-refractivity contribution is 0.0788. The molecule has 0 aromatic heterocycles. The monoisotopic (exact) mass is 394 g/mol. The molecule has 0 saturated carbocycles. The third-order valence-electron chi connectivity index (χ3n) is 4.01. The molecule has 0 fully saturated rings. The number of hydrogen-bond acceptors (Lipinski definition) is 5. The Hall–Kier alpha value is -2.44. The molecule has 7 heteroatoms. The largest absolute Gasteiger partial charge is 0.496 e. The molecule has 2 aromatic carbocycles. The molecule has 6 nitrogen and oxygen atoms in total. The van der Waals surface area contributed by atoms with Gasteiger partial charge in [0.05, 0.1) is 20.8 Å². The molecule has 0 aliphatic heterocycles. The Kier molecular flexibility index (Phi) is 9.47. The lowest BCUT2D eigenvalue weighted by atomic mass is 10.1. The first-order chi connectivity index (χ1) is 12.6. The highest BCUT2D eigenvalue weighted by molar-refractivity contribution is 5.94. The Morgan fingerprint density at radius 3 is 2.07 bits per heavy atom. The fraction of sp³-hybridized carbons (Fsp3) is 0.350. The van der Waals surface area contributed by atoms with Gasteiger partial charge in [-0.2, -0.15) is 0 Å². The van der Waals surface area contributed by atoms with Gasteiger partial charge in [-0.3, -0.25) is 4.79 Å². The fourth-order valence-corrected chi connectivity index (χ4v) is 2.46. The van der Waals surface area contributed by atoms with Crippen molar-refractivity contribution in [1.82, 2.24) is 4.90 Å². The number of benzene rings is 2. The maximum atomic E-state index is 12.4. The zero-order chi connectivity index (χ0) is 18.9. The van der Waals surface area contributed by atoms with E-state index < -0.39 is 0 Å². The van der Waals surface area contributed by atoms with Gasteiger partial charge < -0.3 is 24.8 Å². The topological polar surface area (TPSA) is 74.0 Å². The molecular formula is C20H27ClN2O4. The zero-order valence-electron chi connectivity index (χ0n) is 15.9. The molecule has 2 aromatic rings. The number of nitrogens with two attached hydrogens (primary N) is 1. The highest BCUT2D eigenvalue weighted by Gasteiger charge is 2.11. The van der Waals surface area contributed by atoms with Crippen molar-refractivity contribution in [3.05, 3.63) is 53.6 Å². The summed E-state index contributed by atoms with van der Waals surface area (Å²) in [6.45, 7) is 1.55. The minimum absolute atomic E-state index is 0. The van der Waals surface area contributed by atoms with Crippen LogP contribution in [0.2, 0.25) is 0 Å². The van der Waals surface area contributed by atoms with Crippen molar-refractivity contribution in [3.63, 3.8) is 0 Å². The first kappa shape index (κ1) is 22.6. The van der Waals surface area contributed by atoms with Crippen LogP contribution in [0.25, 0.3) is 0 Å². The summed E-state index contributed by atoms with van der Waals surface area (Å²) in [7, 11) is 4.98. The summed E-state index contributed by atoms with van der Waals surface area (Å²) in [5.74, 6) is 2.00. The van der Waals surface area contributed by atoms with Gasteiger partial charge in [0.15, 0.2) is 0 Å². The van der Waals surface area contributed by atoms with Gasteiger partial charge in [-0.15, -0.1) is 12.4 Å². The Morgan fingerprint density at radius 2 is 1.56 bits per heavy atom. The van der Waals surface area contributed by atoms with Crippen molar-refractivity contribution in [2.75, 3.05) is 34.4 Å². The predicted molar refractivity (Wildman–Crippen MR) is 108 cm³/mol. The molecule has 2 rings (SSSR count). The van der Waals surface area contributed by atoms with Crippen LogP contribution < -0.4 is 19.9 Å². The van der Waals surface area contributed by atoms with Gasteiger partial charge in [0.1, 0.15) is 17.2 Å². The number of ether oxygens (including phenoxy) is 3. The molecule has 0 heterocycles. The quantitative estimate of drug-likeness (QED) is 0.661. The van der Waals surface area contributed by atoms with Crippen LogP contribution in [0, 0.1) is 0 Å². The molecule has 27 heavy (non-hydrogen) atoms. The van der Waals surface area contributed by atoms with E-state index in [1.807, 2.05) is 12.1 Å². The Balaban J connectivity index is 0.00000364. The number of rotatable bonds is 9. The fourth-order valence-electron chi connectivity index (χ4n) is 2.46. The van der Waals surface area contributed by atoms with Crippen LogP contribution in [0.5, 0.6) is 17.2 Å². The van der Waals surface area contributed by atoms with Crippen molar-refractivity contribution >= 4 is 18.3 Å². The zero-order valence-corrected chi connectivity index (χ0v) is 16.8. The van der Waals surface area contributed by atoms with Gasteiger partial charge in [-0.25, -0.2) is 0 Å². The van der Waals surface area contributed by atoms with Gasteiger partial charge >= 0.3 is 0 Å². The van der Waals surface area contributed by atoms with Gasteiger partial charge in [-0.05, 0) is 24.1 Å². The second-order valence-corrected chi connectivity index (χ2v) is 5.88. The minimum atomic E-state index is -0.0170. The highest BCUT2D eigenvalue weighted by atomic mass is 35.5. The molecular weight excluding hydrogens is 368 g/mol. The van der Waals surface area contributed by atoms with Crippen molar-refractivity contribution in [1.29, 1.82) is 0 Å². The average molecular weight is 395 g/mol. The second kappa shape index (κ2) is 11.3. The summed E-state index contributed by atoms with van der Waals surface area (Å²) in [5.41, 5.74) is 7.24. The van der Waals surface area contributed by atoms with Crippen LogP contribution in [-0.2, 0) is 6.54 Å². The Labute approximate surface area is 166 Å². The average Bonchev–Trinajstić information content (AvgIpc) is 2.70. The summed E-state index contributed by atoms with van der Waals surface area (Å²) in [4.78, 5) is 14.1. The molecule has 0 atom stereocenters. The molecule has 0 radical (unpaired) electrons. The van der Waals surface area contributed by atoms with Crippen LogP contribution in [0.1, 0.15) is 22.3 Å². The van der Waals surface area contributed by atoms with Crippen LogP contribution in [0.15, 0.2) is 42.5 Å². The lowest BCUT2D eigenvalue weighted by Crippen LogP contribution is -2.28. The number of hydrogen-bond donors (Lipinski definition) is 1. The molecule has 0 aliphatic rings. The van der Waals surface area contributed by atoms with Crippen LogP contribution >= 0.6 is 12.4 Å². The number of carbonyl (C=O) groups excluding carboxylic acids is 1. The first-order valence-electron chi connectivity index (χ1n) is 8.47. The van der Waals surface area contributed by atoms with E-state index in [4.69, 9.17) is 19.9 Å². The molecule has 0 aliphatic carbocycles. The molecule has 148 valence electrons. The summed E-state index contributed by atoms with van der Waals surface area (Å²) in [5, 5.41) is 0. The SMILES string of the molecule is COc1cc(OC)cc(OCCCN(C)C(=O)c2ccc(CN)cc2)c1.Cl.